The van der Waals surface area contributed by atoms with Crippen molar-refractivity contribution < 1.29 is 0 Å². The van der Waals surface area contributed by atoms with Crippen molar-refractivity contribution in [3.63, 3.8) is 0 Å². The molecular weight excluding hydrogens is 400 g/mol. The lowest BCUT2D eigenvalue weighted by molar-refractivity contribution is 0.523. The number of hydrogen-bond donors (Lipinski definition) is 3. The third-order valence-electron chi connectivity index (χ3n) is 5.87. The van der Waals surface area contributed by atoms with E-state index >= 15 is 0 Å². The highest BCUT2D eigenvalue weighted by Gasteiger charge is 2.44. The monoisotopic (exact) mass is 416 g/mol. The van der Waals surface area contributed by atoms with Crippen LogP contribution in [0.2, 0.25) is 0 Å². The second kappa shape index (κ2) is 5.60. The number of anilines is 2. The Morgan fingerprint density at radius 1 is 0.815 bits per heavy atom. The van der Waals surface area contributed by atoms with Crippen molar-refractivity contribution in [2.45, 2.75) is 18.0 Å². The molecule has 2 aliphatic heterocycles. The minimum atomic E-state index is 0.205. The topological polar surface area (TPSA) is 52.7 Å². The molecule has 4 aromatic rings. The number of aromatic nitrogens is 2. The molecule has 132 valence electrons. The Bertz CT molecular complexity index is 1160. The van der Waals surface area contributed by atoms with E-state index in [0.717, 1.165) is 9.99 Å². The molecule has 27 heavy (non-hydrogen) atoms. The minimum absolute atomic E-state index is 0.205. The average Bonchev–Trinajstić information content (AvgIpc) is 3.32. The molecule has 6 rings (SSSR count). The van der Waals surface area contributed by atoms with Crippen LogP contribution in [0.25, 0.3) is 10.9 Å². The number of benzene rings is 3. The molecule has 3 atom stereocenters. The number of H-pyrrole nitrogens is 1. The van der Waals surface area contributed by atoms with E-state index in [0.29, 0.717) is 5.92 Å². The molecule has 0 fully saturated rings. The van der Waals surface area contributed by atoms with Gasteiger partial charge in [-0.25, -0.2) is 0 Å². The second-order valence-electron chi connectivity index (χ2n) is 7.27. The Morgan fingerprint density at radius 3 is 2.52 bits per heavy atom. The summed E-state index contributed by atoms with van der Waals surface area (Å²) in [5.74, 6) is 0.315. The molecular formula is C22H17BrN4. The Kier molecular flexibility index (Phi) is 3.17. The molecule has 0 amide bonds. The van der Waals surface area contributed by atoms with E-state index in [1.54, 1.807) is 0 Å². The third-order valence-corrected chi connectivity index (χ3v) is 6.39. The van der Waals surface area contributed by atoms with E-state index < -0.39 is 0 Å². The van der Waals surface area contributed by atoms with Crippen LogP contribution in [0, 0.1) is 0 Å². The maximum atomic E-state index is 4.27. The predicted octanol–water partition coefficient (Wildman–Crippen LogP) is 5.74. The Morgan fingerprint density at radius 2 is 1.63 bits per heavy atom. The summed E-state index contributed by atoms with van der Waals surface area (Å²) in [4.78, 5) is 0. The Hall–Kier alpha value is -2.79. The van der Waals surface area contributed by atoms with Gasteiger partial charge in [0.05, 0.1) is 23.8 Å². The van der Waals surface area contributed by atoms with Crippen LogP contribution < -0.4 is 10.6 Å². The SMILES string of the molecule is Brc1ccc([C@H]2Nc3ccc4[nH]ncc4c3[C@@H]3Nc4ccccc4[C@H]23)cc1. The number of fused-ring (bicyclic) bond motifs is 7. The zero-order valence-electron chi connectivity index (χ0n) is 14.4. The summed E-state index contributed by atoms with van der Waals surface area (Å²) in [6.07, 6.45) is 1.94. The van der Waals surface area contributed by atoms with Crippen LogP contribution in [-0.2, 0) is 0 Å². The molecule has 0 aliphatic carbocycles. The molecule has 3 N–H and O–H groups in total. The van der Waals surface area contributed by atoms with E-state index in [-0.39, 0.29) is 12.1 Å². The van der Waals surface area contributed by atoms with Crippen LogP contribution in [0.5, 0.6) is 0 Å². The van der Waals surface area contributed by atoms with Gasteiger partial charge in [0, 0.05) is 32.7 Å². The fourth-order valence-corrected chi connectivity index (χ4v) is 4.96. The zero-order chi connectivity index (χ0) is 18.0. The van der Waals surface area contributed by atoms with Gasteiger partial charge in [0.2, 0.25) is 0 Å². The maximum absolute atomic E-state index is 4.27. The van der Waals surface area contributed by atoms with Crippen LogP contribution in [0.15, 0.2) is 71.3 Å². The Balaban J connectivity index is 1.59. The highest BCUT2D eigenvalue weighted by atomic mass is 79.9. The average molecular weight is 417 g/mol. The van der Waals surface area contributed by atoms with Gasteiger partial charge >= 0.3 is 0 Å². The van der Waals surface area contributed by atoms with Gasteiger partial charge in [-0.1, -0.05) is 46.3 Å². The fraction of sp³-hybridized carbons (Fsp3) is 0.136. The van der Waals surface area contributed by atoms with Crippen molar-refractivity contribution >= 4 is 38.2 Å². The first-order valence-electron chi connectivity index (χ1n) is 9.13. The molecule has 3 heterocycles. The number of aromatic amines is 1. The summed E-state index contributed by atoms with van der Waals surface area (Å²) in [7, 11) is 0. The smallest absolute Gasteiger partial charge is 0.0655 e. The van der Waals surface area contributed by atoms with Gasteiger partial charge in [-0.2, -0.15) is 5.10 Å². The van der Waals surface area contributed by atoms with Gasteiger partial charge in [-0.05, 0) is 41.5 Å². The number of rotatable bonds is 1. The van der Waals surface area contributed by atoms with E-state index in [1.807, 2.05) is 6.20 Å². The first kappa shape index (κ1) is 15.3. The fourth-order valence-electron chi connectivity index (χ4n) is 4.70. The van der Waals surface area contributed by atoms with Gasteiger partial charge in [0.15, 0.2) is 0 Å². The molecule has 0 saturated heterocycles. The van der Waals surface area contributed by atoms with Gasteiger partial charge in [-0.3, -0.25) is 5.10 Å². The van der Waals surface area contributed by atoms with Gasteiger partial charge in [0.25, 0.3) is 0 Å². The summed E-state index contributed by atoms with van der Waals surface area (Å²) in [6.45, 7) is 0. The van der Waals surface area contributed by atoms with Crippen molar-refractivity contribution in [1.29, 1.82) is 0 Å². The highest BCUT2D eigenvalue weighted by molar-refractivity contribution is 9.10. The van der Waals surface area contributed by atoms with Gasteiger partial charge in [0.1, 0.15) is 0 Å². The lowest BCUT2D eigenvalue weighted by atomic mass is 9.77. The van der Waals surface area contributed by atoms with E-state index in [4.69, 9.17) is 0 Å². The quantitative estimate of drug-likeness (QED) is 0.370. The van der Waals surface area contributed by atoms with Crippen LogP contribution in [0.1, 0.15) is 34.7 Å². The van der Waals surface area contributed by atoms with Crippen molar-refractivity contribution in [3.05, 3.63) is 88.0 Å². The van der Waals surface area contributed by atoms with Gasteiger partial charge in [-0.15, -0.1) is 0 Å². The number of para-hydroxylation sites is 1. The first-order valence-corrected chi connectivity index (χ1v) is 9.92. The lowest BCUT2D eigenvalue weighted by Gasteiger charge is -2.38. The van der Waals surface area contributed by atoms with E-state index in [1.165, 1.54) is 33.5 Å². The molecule has 0 bridgehead atoms. The van der Waals surface area contributed by atoms with Crippen molar-refractivity contribution in [2.24, 2.45) is 0 Å². The molecule has 1 aromatic heterocycles. The third kappa shape index (κ3) is 2.18. The maximum Gasteiger partial charge on any atom is 0.0655 e. The van der Waals surface area contributed by atoms with Crippen LogP contribution >= 0.6 is 15.9 Å². The first-order chi connectivity index (χ1) is 13.3. The normalized spacial score (nSPS) is 22.5. The summed E-state index contributed by atoms with van der Waals surface area (Å²) >= 11 is 3.56. The zero-order valence-corrected chi connectivity index (χ0v) is 16.0. The largest absolute Gasteiger partial charge is 0.377 e. The van der Waals surface area contributed by atoms with Crippen LogP contribution in [0.4, 0.5) is 11.4 Å². The molecule has 4 nitrogen and oxygen atoms in total. The van der Waals surface area contributed by atoms with Crippen molar-refractivity contribution in [2.75, 3.05) is 10.6 Å². The number of hydrogen-bond acceptors (Lipinski definition) is 3. The van der Waals surface area contributed by atoms with Crippen LogP contribution in [-0.4, -0.2) is 10.2 Å². The summed E-state index contributed by atoms with van der Waals surface area (Å²) in [6, 6.07) is 22.0. The standard InChI is InChI=1S/C22H17BrN4/c23-13-7-5-12(6-8-13)21-20-14-3-1-2-4-16(14)25-22(20)19-15-11-24-27-17(15)9-10-18(19)26-21/h1-11,20-22,25-26H,(H,24,27)/t20-,21-,22+/m1/s1. The number of halogens is 1. The van der Waals surface area contributed by atoms with Crippen molar-refractivity contribution in [1.82, 2.24) is 10.2 Å². The van der Waals surface area contributed by atoms with Crippen LogP contribution in [0.3, 0.4) is 0 Å². The van der Waals surface area contributed by atoms with E-state index in [2.05, 4.69) is 97.4 Å². The summed E-state index contributed by atoms with van der Waals surface area (Å²) in [5, 5.41) is 16.2. The van der Waals surface area contributed by atoms with Gasteiger partial charge < -0.3 is 10.6 Å². The molecule has 0 spiro atoms. The molecule has 2 aliphatic rings. The summed E-state index contributed by atoms with van der Waals surface area (Å²) in [5.41, 5.74) is 7.45. The molecule has 3 aromatic carbocycles. The lowest BCUT2D eigenvalue weighted by Crippen LogP contribution is -2.30. The molecule has 0 radical (unpaired) electrons. The van der Waals surface area contributed by atoms with Crippen molar-refractivity contribution in [3.8, 4) is 0 Å². The minimum Gasteiger partial charge on any atom is -0.377 e. The highest BCUT2D eigenvalue weighted by Crippen LogP contribution is 2.56. The summed E-state index contributed by atoms with van der Waals surface area (Å²) < 4.78 is 1.10. The second-order valence-corrected chi connectivity index (χ2v) is 8.18. The molecule has 5 heteroatoms. The molecule has 0 saturated carbocycles. The number of nitrogens with one attached hydrogen (secondary N) is 3. The number of nitrogens with zero attached hydrogens (tertiary/aromatic N) is 1. The predicted molar refractivity (Wildman–Crippen MR) is 112 cm³/mol. The van der Waals surface area contributed by atoms with E-state index in [9.17, 15) is 0 Å². The Labute approximate surface area is 165 Å². The molecule has 0 unspecified atom stereocenters.